The Morgan fingerprint density at radius 3 is 2.68 bits per heavy atom. The van der Waals surface area contributed by atoms with Crippen molar-refractivity contribution in [3.63, 3.8) is 0 Å². The number of nitrogens with one attached hydrogen (secondary N) is 2. The van der Waals surface area contributed by atoms with Gasteiger partial charge in [0.15, 0.2) is 6.61 Å². The molecule has 2 aromatic carbocycles. The molecular weight excluding hydrogens is 462 g/mol. The monoisotopic (exact) mass is 483 g/mol. The second-order valence-corrected chi connectivity index (χ2v) is 7.66. The topological polar surface area (TPSA) is 92.9 Å². The average molecular weight is 484 g/mol. The van der Waals surface area contributed by atoms with Crippen molar-refractivity contribution in [2.75, 3.05) is 6.61 Å². The zero-order valence-electron chi connectivity index (χ0n) is 17.1. The highest BCUT2D eigenvalue weighted by molar-refractivity contribution is 9.10. The molecule has 0 aliphatic carbocycles. The summed E-state index contributed by atoms with van der Waals surface area (Å²) in [5.41, 5.74) is 4.44. The van der Waals surface area contributed by atoms with Gasteiger partial charge >= 0.3 is 0 Å². The first kappa shape index (κ1) is 22.3. The van der Waals surface area contributed by atoms with E-state index in [-0.39, 0.29) is 6.61 Å². The number of furan rings is 1. The molecule has 7 nitrogen and oxygen atoms in total. The molecule has 0 unspecified atom stereocenters. The molecule has 3 aromatic rings. The number of para-hydroxylation sites is 1. The summed E-state index contributed by atoms with van der Waals surface area (Å²) in [6.45, 7) is 3.39. The zero-order chi connectivity index (χ0) is 22.2. The molecule has 1 aromatic heterocycles. The highest BCUT2D eigenvalue weighted by atomic mass is 79.9. The third-order valence-electron chi connectivity index (χ3n) is 4.27. The van der Waals surface area contributed by atoms with E-state index in [0.717, 1.165) is 15.6 Å². The average Bonchev–Trinajstić information content (AvgIpc) is 3.21. The summed E-state index contributed by atoms with van der Waals surface area (Å²) in [6.07, 6.45) is 1.40. The molecular formula is C23H22BrN3O4. The molecule has 160 valence electrons. The van der Waals surface area contributed by atoms with Crippen LogP contribution >= 0.6 is 15.9 Å². The van der Waals surface area contributed by atoms with Crippen molar-refractivity contribution in [2.45, 2.75) is 19.9 Å². The fourth-order valence-corrected chi connectivity index (χ4v) is 3.35. The van der Waals surface area contributed by atoms with Gasteiger partial charge in [0, 0.05) is 10.0 Å². The first-order chi connectivity index (χ1) is 14.9. The van der Waals surface area contributed by atoms with Crippen LogP contribution < -0.4 is 15.5 Å². The quantitative estimate of drug-likeness (QED) is 0.373. The molecule has 0 aliphatic heterocycles. The minimum absolute atomic E-state index is 0.186. The van der Waals surface area contributed by atoms with E-state index in [2.05, 4.69) is 31.8 Å². The van der Waals surface area contributed by atoms with Gasteiger partial charge in [-0.3, -0.25) is 9.59 Å². The van der Waals surface area contributed by atoms with E-state index in [1.54, 1.807) is 25.1 Å². The van der Waals surface area contributed by atoms with Crippen molar-refractivity contribution in [3.05, 3.63) is 76.5 Å². The molecule has 0 aliphatic rings. The summed E-state index contributed by atoms with van der Waals surface area (Å²) < 4.78 is 12.0. The Balaban J connectivity index is 1.47. The van der Waals surface area contributed by atoms with Crippen molar-refractivity contribution in [1.82, 2.24) is 10.7 Å². The Kier molecular flexibility index (Phi) is 7.61. The molecule has 2 N–H and O–H groups in total. The van der Waals surface area contributed by atoms with Crippen LogP contribution in [0.3, 0.4) is 0 Å². The van der Waals surface area contributed by atoms with Gasteiger partial charge in [-0.15, -0.1) is 0 Å². The first-order valence-electron chi connectivity index (χ1n) is 9.59. The number of halogens is 1. The third kappa shape index (κ3) is 6.55. The molecule has 0 fully saturated rings. The van der Waals surface area contributed by atoms with Gasteiger partial charge in [-0.2, -0.15) is 5.10 Å². The van der Waals surface area contributed by atoms with E-state index < -0.39 is 17.9 Å². The Hall–Kier alpha value is -3.39. The standard InChI is InChI=1S/C23H22BrN3O4/c1-15-8-10-19(20(24)12-15)21-11-9-18(31-21)13-25-27-23(29)16(2)26-22(28)14-30-17-6-4-3-5-7-17/h3-13,16H,14H2,1-2H3,(H,26,28)(H,27,29)/b25-13-/t16-/m1/s1. The fraction of sp³-hybridized carbons (Fsp3) is 0.174. The van der Waals surface area contributed by atoms with Crippen LogP contribution in [0, 0.1) is 6.92 Å². The van der Waals surface area contributed by atoms with E-state index in [4.69, 9.17) is 9.15 Å². The highest BCUT2D eigenvalue weighted by Crippen LogP contribution is 2.30. The molecule has 0 saturated carbocycles. The number of amides is 2. The van der Waals surface area contributed by atoms with Crippen molar-refractivity contribution < 1.29 is 18.7 Å². The summed E-state index contributed by atoms with van der Waals surface area (Å²) in [7, 11) is 0. The zero-order valence-corrected chi connectivity index (χ0v) is 18.7. The summed E-state index contributed by atoms with van der Waals surface area (Å²) >= 11 is 3.53. The SMILES string of the molecule is Cc1ccc(-c2ccc(/C=N\NC(=O)[C@@H](C)NC(=O)COc3ccccc3)o2)c(Br)c1. The maximum Gasteiger partial charge on any atom is 0.262 e. The van der Waals surface area contributed by atoms with Gasteiger partial charge in [-0.05, 0) is 55.8 Å². The molecule has 0 saturated heterocycles. The Labute approximate surface area is 188 Å². The van der Waals surface area contributed by atoms with Gasteiger partial charge in [0.1, 0.15) is 23.3 Å². The molecule has 3 rings (SSSR count). The largest absolute Gasteiger partial charge is 0.484 e. The van der Waals surface area contributed by atoms with Gasteiger partial charge in [-0.25, -0.2) is 5.43 Å². The summed E-state index contributed by atoms with van der Waals surface area (Å²) in [4.78, 5) is 24.1. The van der Waals surface area contributed by atoms with Crippen molar-refractivity contribution in [3.8, 4) is 17.1 Å². The number of hydrazone groups is 1. The minimum atomic E-state index is -0.778. The van der Waals surface area contributed by atoms with Crippen LogP contribution in [-0.4, -0.2) is 30.7 Å². The summed E-state index contributed by atoms with van der Waals surface area (Å²) in [5.74, 6) is 0.872. The fourth-order valence-electron chi connectivity index (χ4n) is 2.66. The number of ether oxygens (including phenoxy) is 1. The summed E-state index contributed by atoms with van der Waals surface area (Å²) in [5, 5.41) is 6.45. The Bertz CT molecular complexity index is 1080. The normalized spacial score (nSPS) is 11.8. The molecule has 1 atom stereocenters. The maximum atomic E-state index is 12.1. The summed E-state index contributed by atoms with van der Waals surface area (Å²) in [6, 6.07) is 17.7. The molecule has 8 heteroatoms. The Morgan fingerprint density at radius 2 is 1.94 bits per heavy atom. The van der Waals surface area contributed by atoms with Crippen LogP contribution in [-0.2, 0) is 9.59 Å². The number of hydrogen-bond acceptors (Lipinski definition) is 5. The lowest BCUT2D eigenvalue weighted by Gasteiger charge is -2.12. The predicted octanol–water partition coefficient (Wildman–Crippen LogP) is 4.05. The van der Waals surface area contributed by atoms with E-state index in [0.29, 0.717) is 17.3 Å². The van der Waals surface area contributed by atoms with Crippen LogP contribution in [0.15, 0.2) is 74.7 Å². The lowest BCUT2D eigenvalue weighted by Crippen LogP contribution is -2.45. The van der Waals surface area contributed by atoms with Gasteiger partial charge in [0.25, 0.3) is 11.8 Å². The molecule has 0 spiro atoms. The molecule has 2 amide bonds. The van der Waals surface area contributed by atoms with Gasteiger partial charge < -0.3 is 14.5 Å². The second kappa shape index (κ2) is 10.6. The second-order valence-electron chi connectivity index (χ2n) is 6.81. The Morgan fingerprint density at radius 1 is 1.16 bits per heavy atom. The third-order valence-corrected chi connectivity index (χ3v) is 4.92. The van der Waals surface area contributed by atoms with Crippen LogP contribution in [0.5, 0.6) is 5.75 Å². The number of nitrogens with zero attached hydrogens (tertiary/aromatic N) is 1. The van der Waals surface area contributed by atoms with Crippen LogP contribution in [0.2, 0.25) is 0 Å². The van der Waals surface area contributed by atoms with Crippen molar-refractivity contribution >= 4 is 34.0 Å². The number of hydrogen-bond donors (Lipinski definition) is 2. The molecule has 0 radical (unpaired) electrons. The van der Waals surface area contributed by atoms with E-state index in [1.807, 2.05) is 49.4 Å². The van der Waals surface area contributed by atoms with E-state index >= 15 is 0 Å². The molecule has 0 bridgehead atoms. The van der Waals surface area contributed by atoms with Gasteiger partial charge in [-0.1, -0.05) is 40.2 Å². The van der Waals surface area contributed by atoms with Gasteiger partial charge in [0.2, 0.25) is 0 Å². The van der Waals surface area contributed by atoms with E-state index in [1.165, 1.54) is 6.21 Å². The lowest BCUT2D eigenvalue weighted by molar-refractivity contribution is -0.129. The number of carbonyl (C=O) groups excluding carboxylic acids is 2. The number of benzene rings is 2. The van der Waals surface area contributed by atoms with E-state index in [9.17, 15) is 9.59 Å². The number of aryl methyl sites for hydroxylation is 1. The van der Waals surface area contributed by atoms with Crippen molar-refractivity contribution in [1.29, 1.82) is 0 Å². The molecule has 31 heavy (non-hydrogen) atoms. The van der Waals surface area contributed by atoms with Gasteiger partial charge in [0.05, 0.1) is 6.21 Å². The lowest BCUT2D eigenvalue weighted by atomic mass is 10.1. The number of rotatable bonds is 8. The highest BCUT2D eigenvalue weighted by Gasteiger charge is 2.15. The maximum absolute atomic E-state index is 12.1. The number of carbonyl (C=O) groups is 2. The predicted molar refractivity (Wildman–Crippen MR) is 122 cm³/mol. The smallest absolute Gasteiger partial charge is 0.262 e. The molecule has 1 heterocycles. The minimum Gasteiger partial charge on any atom is -0.484 e. The van der Waals surface area contributed by atoms with Crippen LogP contribution in [0.4, 0.5) is 0 Å². The van der Waals surface area contributed by atoms with Crippen LogP contribution in [0.25, 0.3) is 11.3 Å². The first-order valence-corrected chi connectivity index (χ1v) is 10.4. The van der Waals surface area contributed by atoms with Crippen LogP contribution in [0.1, 0.15) is 18.2 Å². The van der Waals surface area contributed by atoms with Crippen molar-refractivity contribution in [2.24, 2.45) is 5.10 Å².